The average molecular weight is 161 g/mol. The normalized spacial score (nSPS) is 11.3. The van der Waals surface area contributed by atoms with E-state index in [1.165, 1.54) is 7.11 Å². The van der Waals surface area contributed by atoms with Crippen molar-refractivity contribution < 1.29 is 14.3 Å². The molecular weight excluding hydrogens is 146 g/mol. The summed E-state index contributed by atoms with van der Waals surface area (Å²) in [6, 6.07) is 0. The fourth-order valence-electron chi connectivity index (χ4n) is 0.372. The highest BCUT2D eigenvalue weighted by molar-refractivity contribution is 5.70. The average Bonchev–Trinajstić information content (AvgIpc) is 2.00. The SMILES string of the molecule is COC(=O)COC(C)(C)CN. The molecule has 4 heteroatoms. The van der Waals surface area contributed by atoms with Crippen LogP contribution in [0, 0.1) is 0 Å². The molecule has 66 valence electrons. The van der Waals surface area contributed by atoms with Crippen molar-refractivity contribution in [2.24, 2.45) is 5.73 Å². The monoisotopic (exact) mass is 161 g/mol. The minimum Gasteiger partial charge on any atom is -0.467 e. The number of ether oxygens (including phenoxy) is 2. The maximum atomic E-state index is 10.6. The van der Waals surface area contributed by atoms with Crippen LogP contribution in [0.2, 0.25) is 0 Å². The molecule has 0 atom stereocenters. The molecule has 0 aromatic heterocycles. The van der Waals surface area contributed by atoms with Gasteiger partial charge >= 0.3 is 5.97 Å². The maximum Gasteiger partial charge on any atom is 0.331 e. The summed E-state index contributed by atoms with van der Waals surface area (Å²) in [6.07, 6.45) is 0. The van der Waals surface area contributed by atoms with Gasteiger partial charge in [0.05, 0.1) is 12.7 Å². The van der Waals surface area contributed by atoms with Crippen LogP contribution in [0.15, 0.2) is 0 Å². The van der Waals surface area contributed by atoms with E-state index >= 15 is 0 Å². The van der Waals surface area contributed by atoms with Crippen LogP contribution in [0.3, 0.4) is 0 Å². The molecule has 0 aromatic rings. The number of nitrogens with two attached hydrogens (primary N) is 1. The zero-order chi connectivity index (χ0) is 8.91. The van der Waals surface area contributed by atoms with Crippen molar-refractivity contribution in [1.29, 1.82) is 0 Å². The number of hydrogen-bond donors (Lipinski definition) is 1. The van der Waals surface area contributed by atoms with Gasteiger partial charge in [0.2, 0.25) is 0 Å². The molecule has 0 aliphatic carbocycles. The third kappa shape index (κ3) is 4.75. The molecule has 0 saturated carbocycles. The number of carbonyl (C=O) groups excluding carboxylic acids is 1. The van der Waals surface area contributed by atoms with E-state index in [4.69, 9.17) is 10.5 Å². The second-order valence-corrected chi connectivity index (χ2v) is 2.83. The summed E-state index contributed by atoms with van der Waals surface area (Å²) in [5.41, 5.74) is 4.91. The van der Waals surface area contributed by atoms with Gasteiger partial charge in [-0.3, -0.25) is 0 Å². The van der Waals surface area contributed by atoms with Crippen molar-refractivity contribution in [3.05, 3.63) is 0 Å². The Bertz CT molecular complexity index is 134. The first kappa shape index (κ1) is 10.4. The molecule has 0 unspecified atom stereocenters. The number of methoxy groups -OCH3 is 1. The van der Waals surface area contributed by atoms with Crippen LogP contribution in [-0.2, 0) is 14.3 Å². The largest absolute Gasteiger partial charge is 0.467 e. The first-order valence-corrected chi connectivity index (χ1v) is 3.42. The second kappa shape index (κ2) is 4.31. The van der Waals surface area contributed by atoms with Crippen molar-refractivity contribution in [1.82, 2.24) is 0 Å². The van der Waals surface area contributed by atoms with E-state index in [0.29, 0.717) is 6.54 Å². The van der Waals surface area contributed by atoms with E-state index in [2.05, 4.69) is 4.74 Å². The van der Waals surface area contributed by atoms with Crippen LogP contribution >= 0.6 is 0 Å². The fraction of sp³-hybridized carbons (Fsp3) is 0.857. The van der Waals surface area contributed by atoms with Gasteiger partial charge in [0.1, 0.15) is 6.61 Å². The Morgan fingerprint density at radius 2 is 2.09 bits per heavy atom. The smallest absolute Gasteiger partial charge is 0.331 e. The molecule has 0 aliphatic rings. The van der Waals surface area contributed by atoms with Gasteiger partial charge in [-0.05, 0) is 13.8 Å². The van der Waals surface area contributed by atoms with Crippen LogP contribution in [0.1, 0.15) is 13.8 Å². The number of carbonyl (C=O) groups is 1. The van der Waals surface area contributed by atoms with Gasteiger partial charge in [-0.2, -0.15) is 0 Å². The Morgan fingerprint density at radius 1 is 1.55 bits per heavy atom. The summed E-state index contributed by atoms with van der Waals surface area (Å²) in [5.74, 6) is -0.383. The predicted molar refractivity (Wildman–Crippen MR) is 41.1 cm³/mol. The van der Waals surface area contributed by atoms with Crippen LogP contribution < -0.4 is 5.73 Å². The molecular formula is C7H15NO3. The van der Waals surface area contributed by atoms with Gasteiger partial charge in [-0.25, -0.2) is 4.79 Å². The van der Waals surface area contributed by atoms with Crippen LogP contribution in [0.25, 0.3) is 0 Å². The van der Waals surface area contributed by atoms with Gasteiger partial charge in [-0.15, -0.1) is 0 Å². The molecule has 0 radical (unpaired) electrons. The summed E-state index contributed by atoms with van der Waals surface area (Å²) >= 11 is 0. The Kier molecular flexibility index (Phi) is 4.07. The second-order valence-electron chi connectivity index (χ2n) is 2.83. The standard InChI is InChI=1S/C7H15NO3/c1-7(2,5-8)11-4-6(9)10-3/h4-5,8H2,1-3H3. The van der Waals surface area contributed by atoms with E-state index in [9.17, 15) is 4.79 Å². The minimum atomic E-state index is -0.450. The van der Waals surface area contributed by atoms with E-state index in [1.54, 1.807) is 0 Å². The molecule has 2 N–H and O–H groups in total. The van der Waals surface area contributed by atoms with Gasteiger partial charge in [0.25, 0.3) is 0 Å². The summed E-state index contributed by atoms with van der Waals surface area (Å²) < 4.78 is 9.52. The van der Waals surface area contributed by atoms with E-state index < -0.39 is 5.60 Å². The highest BCUT2D eigenvalue weighted by atomic mass is 16.6. The van der Waals surface area contributed by atoms with E-state index in [1.807, 2.05) is 13.8 Å². The molecule has 0 aliphatic heterocycles. The summed E-state index contributed by atoms with van der Waals surface area (Å²) in [7, 11) is 1.32. The first-order chi connectivity index (χ1) is 5.02. The predicted octanol–water partition coefficient (Wildman–Crippen LogP) is -0.0867. The molecule has 0 heterocycles. The maximum absolute atomic E-state index is 10.6. The molecule has 0 aromatic carbocycles. The fourth-order valence-corrected chi connectivity index (χ4v) is 0.372. The molecule has 11 heavy (non-hydrogen) atoms. The first-order valence-electron chi connectivity index (χ1n) is 3.42. The lowest BCUT2D eigenvalue weighted by Crippen LogP contribution is -2.35. The van der Waals surface area contributed by atoms with Gasteiger partial charge in [-0.1, -0.05) is 0 Å². The molecule has 0 fully saturated rings. The van der Waals surface area contributed by atoms with Crippen molar-refractivity contribution >= 4 is 5.97 Å². The molecule has 0 amide bonds. The molecule has 0 saturated heterocycles. The molecule has 0 spiro atoms. The Hall–Kier alpha value is -0.610. The Morgan fingerprint density at radius 3 is 2.45 bits per heavy atom. The summed E-state index contributed by atoms with van der Waals surface area (Å²) in [6.45, 7) is 3.97. The molecule has 0 bridgehead atoms. The number of rotatable bonds is 4. The zero-order valence-electron chi connectivity index (χ0n) is 7.22. The van der Waals surface area contributed by atoms with Crippen LogP contribution in [0.5, 0.6) is 0 Å². The highest BCUT2D eigenvalue weighted by Crippen LogP contribution is 2.05. The van der Waals surface area contributed by atoms with Crippen molar-refractivity contribution in [3.8, 4) is 0 Å². The zero-order valence-corrected chi connectivity index (χ0v) is 7.22. The van der Waals surface area contributed by atoms with E-state index in [0.717, 1.165) is 0 Å². The van der Waals surface area contributed by atoms with Crippen molar-refractivity contribution in [2.75, 3.05) is 20.3 Å². The van der Waals surface area contributed by atoms with E-state index in [-0.39, 0.29) is 12.6 Å². The van der Waals surface area contributed by atoms with Gasteiger partial charge in [0, 0.05) is 6.54 Å². The van der Waals surface area contributed by atoms with Crippen molar-refractivity contribution in [2.45, 2.75) is 19.4 Å². The summed E-state index contributed by atoms with van der Waals surface area (Å²) in [4.78, 5) is 10.6. The minimum absolute atomic E-state index is 0.0410. The quantitative estimate of drug-likeness (QED) is 0.585. The molecule has 4 nitrogen and oxygen atoms in total. The summed E-state index contributed by atoms with van der Waals surface area (Å²) in [5, 5.41) is 0. The third-order valence-corrected chi connectivity index (χ3v) is 1.30. The van der Waals surface area contributed by atoms with Crippen LogP contribution in [-0.4, -0.2) is 31.8 Å². The topological polar surface area (TPSA) is 61.5 Å². The number of esters is 1. The Balaban J connectivity index is 3.61. The van der Waals surface area contributed by atoms with Gasteiger partial charge < -0.3 is 15.2 Å². The van der Waals surface area contributed by atoms with Crippen LogP contribution in [0.4, 0.5) is 0 Å². The Labute approximate surface area is 66.7 Å². The molecule has 0 rings (SSSR count). The lowest BCUT2D eigenvalue weighted by molar-refractivity contribution is -0.151. The third-order valence-electron chi connectivity index (χ3n) is 1.30. The lowest BCUT2D eigenvalue weighted by atomic mass is 10.1. The number of hydrogen-bond acceptors (Lipinski definition) is 4. The van der Waals surface area contributed by atoms with Gasteiger partial charge in [0.15, 0.2) is 0 Å². The highest BCUT2D eigenvalue weighted by Gasteiger charge is 2.17. The lowest BCUT2D eigenvalue weighted by Gasteiger charge is -2.21. The van der Waals surface area contributed by atoms with Crippen molar-refractivity contribution in [3.63, 3.8) is 0 Å².